The van der Waals surface area contributed by atoms with E-state index < -0.39 is 28.6 Å². The average Bonchev–Trinajstić information content (AvgIpc) is 3.42. The molecule has 0 aliphatic heterocycles. The Labute approximate surface area is 237 Å². The minimum Gasteiger partial charge on any atom is -0.481 e. The van der Waals surface area contributed by atoms with Crippen molar-refractivity contribution >= 4 is 33.3 Å². The van der Waals surface area contributed by atoms with Crippen LogP contribution in [-0.2, 0) is 20.4 Å². The van der Waals surface area contributed by atoms with Crippen LogP contribution >= 0.6 is 0 Å². The standard InChI is InChI=1S/C38H26O3/c39-35(40)34-31(24-14-4-1-5-15-24)37(25-16-6-2-7-17-25)32-29-22-12-10-20-27(29)28-21-11-13-23-30(28)33(32)38(34,36(37)41)26-18-8-3-9-19-26/h1-23,31,34H,(H,39,40)/t31-,34+,37-,38-/m0/s1. The summed E-state index contributed by atoms with van der Waals surface area (Å²) in [6.07, 6.45) is 0. The van der Waals surface area contributed by atoms with Gasteiger partial charge in [-0.2, -0.15) is 0 Å². The number of rotatable bonds is 4. The first-order valence-corrected chi connectivity index (χ1v) is 14.0. The zero-order valence-corrected chi connectivity index (χ0v) is 22.2. The van der Waals surface area contributed by atoms with E-state index in [1.807, 2.05) is 115 Å². The Morgan fingerprint density at radius 1 is 0.512 bits per heavy atom. The summed E-state index contributed by atoms with van der Waals surface area (Å²) in [6, 6.07) is 45.7. The van der Waals surface area contributed by atoms with Crippen LogP contribution in [0.5, 0.6) is 0 Å². The number of hydrogen-bond donors (Lipinski definition) is 1. The van der Waals surface area contributed by atoms with E-state index >= 15 is 4.79 Å². The maximum Gasteiger partial charge on any atom is 0.308 e. The van der Waals surface area contributed by atoms with Crippen molar-refractivity contribution in [3.63, 3.8) is 0 Å². The van der Waals surface area contributed by atoms with Crippen LogP contribution in [0, 0.1) is 5.92 Å². The van der Waals surface area contributed by atoms with Gasteiger partial charge in [-0.25, -0.2) is 0 Å². The van der Waals surface area contributed by atoms with Crippen LogP contribution < -0.4 is 0 Å². The second-order valence-electron chi connectivity index (χ2n) is 11.2. The van der Waals surface area contributed by atoms with E-state index in [2.05, 4.69) is 24.3 Å². The first kappa shape index (κ1) is 23.8. The first-order valence-electron chi connectivity index (χ1n) is 14.0. The molecule has 1 fully saturated rings. The SMILES string of the molecule is O=C(O)[C@H]1[C@H](c2ccccc2)[C@]2(c3ccccc3)C(=O)[C@@]1(c1ccccc1)c1c2c2ccccc2c2ccccc12. The predicted molar refractivity (Wildman–Crippen MR) is 161 cm³/mol. The van der Waals surface area contributed by atoms with Crippen LogP contribution in [-0.4, -0.2) is 16.9 Å². The summed E-state index contributed by atoms with van der Waals surface area (Å²) in [5.41, 5.74) is 1.61. The van der Waals surface area contributed by atoms with Gasteiger partial charge in [0.05, 0.1) is 16.7 Å². The highest BCUT2D eigenvalue weighted by atomic mass is 16.4. The normalized spacial score (nSPS) is 24.5. The highest BCUT2D eigenvalue weighted by Gasteiger charge is 2.78. The van der Waals surface area contributed by atoms with E-state index in [0.717, 1.165) is 49.4 Å². The van der Waals surface area contributed by atoms with E-state index in [4.69, 9.17) is 0 Å². The van der Waals surface area contributed by atoms with Gasteiger partial charge in [0, 0.05) is 5.92 Å². The molecule has 0 spiro atoms. The number of Topliss-reactive ketones (excluding diaryl/α,β-unsaturated/α-hetero) is 1. The number of ketones is 1. The van der Waals surface area contributed by atoms with E-state index in [1.54, 1.807) is 0 Å². The number of carboxylic acids is 1. The minimum absolute atomic E-state index is 0.0554. The molecule has 4 atom stereocenters. The van der Waals surface area contributed by atoms with Gasteiger partial charge in [-0.1, -0.05) is 140 Å². The molecule has 41 heavy (non-hydrogen) atoms. The highest BCUT2D eigenvalue weighted by molar-refractivity contribution is 6.24. The summed E-state index contributed by atoms with van der Waals surface area (Å²) < 4.78 is 0. The van der Waals surface area contributed by atoms with Crippen molar-refractivity contribution in [1.82, 2.24) is 0 Å². The summed E-state index contributed by atoms with van der Waals surface area (Å²) >= 11 is 0. The van der Waals surface area contributed by atoms with Crippen molar-refractivity contribution in [3.05, 3.63) is 167 Å². The molecule has 3 nitrogen and oxygen atoms in total. The number of carbonyl (C=O) groups is 2. The van der Waals surface area contributed by atoms with Crippen LogP contribution in [0.4, 0.5) is 0 Å². The maximum atomic E-state index is 15.8. The number of fused-ring (bicyclic) bond motifs is 10. The lowest BCUT2D eigenvalue weighted by Crippen LogP contribution is -2.44. The monoisotopic (exact) mass is 530 g/mol. The molecule has 2 bridgehead atoms. The molecule has 2 aliphatic carbocycles. The van der Waals surface area contributed by atoms with Crippen LogP contribution in [0.3, 0.4) is 0 Å². The summed E-state index contributed by atoms with van der Waals surface area (Å²) in [7, 11) is 0. The third kappa shape index (κ3) is 2.78. The molecule has 0 amide bonds. The third-order valence-electron chi connectivity index (χ3n) is 9.59. The lowest BCUT2D eigenvalue weighted by molar-refractivity contribution is -0.145. The molecule has 6 aromatic rings. The molecule has 0 saturated heterocycles. The number of hydrogen-bond acceptors (Lipinski definition) is 2. The van der Waals surface area contributed by atoms with Crippen LogP contribution in [0.2, 0.25) is 0 Å². The number of aliphatic carboxylic acids is 1. The molecule has 196 valence electrons. The Hall–Kier alpha value is -5.02. The van der Waals surface area contributed by atoms with E-state index in [1.165, 1.54) is 0 Å². The minimum atomic E-state index is -1.39. The Balaban J connectivity index is 1.70. The second kappa shape index (κ2) is 8.49. The first-order chi connectivity index (χ1) is 20.1. The third-order valence-corrected chi connectivity index (χ3v) is 9.59. The summed E-state index contributed by atoms with van der Waals surface area (Å²) in [4.78, 5) is 29.5. The fraction of sp³-hybridized carbons (Fsp3) is 0.105. The van der Waals surface area contributed by atoms with Crippen molar-refractivity contribution in [2.45, 2.75) is 16.7 Å². The second-order valence-corrected chi connectivity index (χ2v) is 11.2. The number of benzene rings is 6. The van der Waals surface area contributed by atoms with Crippen molar-refractivity contribution in [2.75, 3.05) is 0 Å². The van der Waals surface area contributed by atoms with Gasteiger partial charge < -0.3 is 5.11 Å². The maximum absolute atomic E-state index is 15.8. The summed E-state index contributed by atoms with van der Waals surface area (Å²) in [5.74, 6) is -2.65. The van der Waals surface area contributed by atoms with Gasteiger partial charge >= 0.3 is 5.97 Å². The number of carbonyl (C=O) groups excluding carboxylic acids is 1. The van der Waals surface area contributed by atoms with E-state index in [-0.39, 0.29) is 5.78 Å². The molecule has 1 saturated carbocycles. The lowest BCUT2D eigenvalue weighted by atomic mass is 9.57. The Bertz CT molecular complexity index is 2000. The molecule has 0 radical (unpaired) electrons. The van der Waals surface area contributed by atoms with Crippen molar-refractivity contribution in [1.29, 1.82) is 0 Å². The molecule has 0 aromatic heterocycles. The molecular formula is C38H26O3. The molecule has 6 aromatic carbocycles. The van der Waals surface area contributed by atoms with Gasteiger partial charge in [0.1, 0.15) is 0 Å². The van der Waals surface area contributed by atoms with E-state index in [9.17, 15) is 9.90 Å². The zero-order valence-electron chi connectivity index (χ0n) is 22.2. The van der Waals surface area contributed by atoms with Gasteiger partial charge in [0.15, 0.2) is 5.78 Å². The molecular weight excluding hydrogens is 504 g/mol. The van der Waals surface area contributed by atoms with E-state index in [0.29, 0.717) is 0 Å². The average molecular weight is 531 g/mol. The van der Waals surface area contributed by atoms with Crippen LogP contribution in [0.25, 0.3) is 21.5 Å². The van der Waals surface area contributed by atoms with Gasteiger partial charge in [0.2, 0.25) is 0 Å². The summed E-state index contributed by atoms with van der Waals surface area (Å²) in [5, 5.41) is 15.3. The quantitative estimate of drug-likeness (QED) is 0.238. The largest absolute Gasteiger partial charge is 0.481 e. The summed E-state index contributed by atoms with van der Waals surface area (Å²) in [6.45, 7) is 0. The van der Waals surface area contributed by atoms with Crippen molar-refractivity contribution < 1.29 is 14.7 Å². The van der Waals surface area contributed by atoms with Crippen LogP contribution in [0.1, 0.15) is 33.7 Å². The van der Waals surface area contributed by atoms with Crippen LogP contribution in [0.15, 0.2) is 140 Å². The highest BCUT2D eigenvalue weighted by Crippen LogP contribution is 2.73. The molecule has 2 aliphatic rings. The zero-order chi connectivity index (χ0) is 27.8. The molecule has 0 heterocycles. The topological polar surface area (TPSA) is 54.4 Å². The Morgan fingerprint density at radius 3 is 1.39 bits per heavy atom. The van der Waals surface area contributed by atoms with Gasteiger partial charge in [-0.3, -0.25) is 9.59 Å². The van der Waals surface area contributed by atoms with Gasteiger partial charge in [-0.15, -0.1) is 0 Å². The lowest BCUT2D eigenvalue weighted by Gasteiger charge is -2.42. The fourth-order valence-electron chi connectivity index (χ4n) is 8.33. The molecule has 1 N–H and O–H groups in total. The molecule has 0 unspecified atom stereocenters. The van der Waals surface area contributed by atoms with Gasteiger partial charge in [0.25, 0.3) is 0 Å². The van der Waals surface area contributed by atoms with Crippen molar-refractivity contribution in [2.24, 2.45) is 5.92 Å². The molecule has 3 heteroatoms. The Morgan fingerprint density at radius 2 is 0.902 bits per heavy atom. The number of carboxylic acid groups (broad SMARTS) is 1. The molecule has 8 rings (SSSR count). The van der Waals surface area contributed by atoms with Gasteiger partial charge in [-0.05, 0) is 49.4 Å². The Kier molecular flexibility index (Phi) is 4.93. The fourth-order valence-corrected chi connectivity index (χ4v) is 8.33. The predicted octanol–water partition coefficient (Wildman–Crippen LogP) is 7.65. The van der Waals surface area contributed by atoms with Crippen molar-refractivity contribution in [3.8, 4) is 0 Å². The smallest absolute Gasteiger partial charge is 0.308 e.